The molecule has 0 unspecified atom stereocenters. The molecule has 4 heterocycles. The fraction of sp³-hybridized carbons (Fsp3) is 0.0500. The van der Waals surface area contributed by atoms with Gasteiger partial charge in [-0.05, 0) is 187 Å². The van der Waals surface area contributed by atoms with Gasteiger partial charge in [0.25, 0.3) is 0 Å². The van der Waals surface area contributed by atoms with Gasteiger partial charge in [-0.3, -0.25) is 0 Å². The minimum Gasteiger partial charge on any atom is -0.495 e. The number of methoxy groups -OCH3 is 4. The number of nitrogens with zero attached hydrogens (tertiary/aromatic N) is 8. The minimum absolute atomic E-state index is 0.00147. The average Bonchev–Trinajstić information content (AvgIpc) is 0.845. The molecule has 0 spiro atoms. The highest BCUT2D eigenvalue weighted by molar-refractivity contribution is 7.89. The second-order valence-corrected chi connectivity index (χ2v) is 26.5. The molecule has 16 N–H and O–H groups in total. The van der Waals surface area contributed by atoms with E-state index in [0.717, 1.165) is 67.6 Å². The van der Waals surface area contributed by atoms with Crippen LogP contribution < -0.4 is 78.2 Å². The summed E-state index contributed by atoms with van der Waals surface area (Å²) in [6.07, 6.45) is 6.64. The Kier molecular flexibility index (Phi) is 24.7. The van der Waals surface area contributed by atoms with E-state index in [9.17, 15) is 16.8 Å². The van der Waals surface area contributed by atoms with Gasteiger partial charge in [-0.1, -0.05) is 72.8 Å². The predicted octanol–water partition coefficient (Wildman–Crippen LogP) is 14.7. The van der Waals surface area contributed by atoms with Crippen LogP contribution in [0.2, 0.25) is 0 Å². The van der Waals surface area contributed by atoms with Crippen LogP contribution in [0.25, 0.3) is 56.2 Å². The van der Waals surface area contributed by atoms with Crippen molar-refractivity contribution in [1.82, 2.24) is 39.9 Å². The molecule has 27 nitrogen and oxygen atoms in total. The van der Waals surface area contributed by atoms with Crippen LogP contribution in [0.15, 0.2) is 289 Å². The molecule has 29 heteroatoms. The number of benzene rings is 10. The molecule has 0 saturated carbocycles. The van der Waals surface area contributed by atoms with Crippen LogP contribution >= 0.6 is 0 Å². The van der Waals surface area contributed by atoms with E-state index in [1.165, 1.54) is 24.3 Å². The zero-order chi connectivity index (χ0) is 76.9. The predicted molar refractivity (Wildman–Crippen MR) is 427 cm³/mol. The number of para-hydroxylation sites is 1. The Morgan fingerprint density at radius 1 is 0.284 bits per heavy atom. The summed E-state index contributed by atoms with van der Waals surface area (Å²) in [7, 11) is -1.22. The summed E-state index contributed by atoms with van der Waals surface area (Å²) in [5.41, 5.74) is 37.5. The Bertz CT molecular complexity index is 5710. The summed E-state index contributed by atoms with van der Waals surface area (Å²) in [4.78, 5) is 35.1. The van der Waals surface area contributed by atoms with Crippen molar-refractivity contribution in [3.8, 4) is 90.7 Å². The number of nitrogen functional groups attached to an aromatic ring is 4. The van der Waals surface area contributed by atoms with Crippen molar-refractivity contribution in [1.29, 1.82) is 0 Å². The molecule has 0 aliphatic carbocycles. The van der Waals surface area contributed by atoms with E-state index in [1.54, 1.807) is 114 Å². The van der Waals surface area contributed by atoms with E-state index in [2.05, 4.69) is 85.4 Å². The molecular weight excluding hydrogens is 1420 g/mol. The first kappa shape index (κ1) is 75.9. The second-order valence-electron chi connectivity index (χ2n) is 23.4. The van der Waals surface area contributed by atoms with Gasteiger partial charge < -0.3 is 67.9 Å². The van der Waals surface area contributed by atoms with Crippen LogP contribution in [-0.2, 0) is 20.0 Å². The molecule has 10 aromatic carbocycles. The van der Waals surface area contributed by atoms with Crippen LogP contribution in [-0.4, -0.2) is 85.1 Å². The number of aromatic nitrogens is 8. The van der Waals surface area contributed by atoms with Crippen molar-refractivity contribution in [3.63, 3.8) is 0 Å². The Labute approximate surface area is 629 Å². The zero-order valence-corrected chi connectivity index (χ0v) is 60.7. The lowest BCUT2D eigenvalue weighted by Crippen LogP contribution is -2.12. The van der Waals surface area contributed by atoms with Gasteiger partial charge in [-0.2, -0.15) is 0 Å². The van der Waals surface area contributed by atoms with Crippen molar-refractivity contribution >= 4 is 89.3 Å². The Morgan fingerprint density at radius 3 is 0.991 bits per heavy atom. The van der Waals surface area contributed by atoms with E-state index in [0.29, 0.717) is 92.3 Å². The maximum absolute atomic E-state index is 11.5. The molecule has 14 aromatic rings. The standard InChI is InChI=1S/C23H20N4O2.C23H20N4O.2C17H17N5O3S/c1-28-22-11-10-16(14-20(22)24)21-12-13-25-23(27-21)26-17-6-5-9-19(15-17)29-18-7-3-2-4-8-18;1-28-22-11-10-18(15-20(22)24)21-12-13-25-23(27-21)26-19-9-5-8-17(14-19)16-6-3-2-4-7-16;1-25-16-7-2-11(10-14(16)18)15-8-9-20-17(22-15)21-12-3-5-13(6-4-12)26(19,23)24;1-25-16-6-5-11(9-14(16)18)15-7-8-20-17(22-15)21-12-3-2-4-13(10-12)26(19,23)24/h2-15H,24H2,1H3,(H,25,26,27);2-15H,24H2,1H3,(H,25,26,27);2*2-10H,18H2,1H3,(H2,19,23,24)(H,20,21,22). The van der Waals surface area contributed by atoms with Crippen molar-refractivity contribution in [2.45, 2.75) is 9.79 Å². The van der Waals surface area contributed by atoms with E-state index in [1.807, 2.05) is 146 Å². The maximum Gasteiger partial charge on any atom is 0.238 e. The van der Waals surface area contributed by atoms with Crippen molar-refractivity contribution < 1.29 is 40.5 Å². The Balaban J connectivity index is 0.000000145. The number of rotatable bonds is 21. The van der Waals surface area contributed by atoms with Crippen LogP contribution in [0.4, 0.5) is 69.3 Å². The highest BCUT2D eigenvalue weighted by atomic mass is 32.2. The summed E-state index contributed by atoms with van der Waals surface area (Å²) in [6, 6.07) is 76.9. The SMILES string of the molecule is COc1ccc(-c2ccnc(Nc3ccc(S(N)(=O)=O)cc3)n2)cc1N.COc1ccc(-c2ccnc(Nc3cccc(-c4ccccc4)c3)n2)cc1N.COc1ccc(-c2ccnc(Nc3cccc(Oc4ccccc4)c3)n2)cc1N.COc1ccc(-c2ccnc(Nc3cccc(S(N)(=O)=O)c3)n2)cc1N. The third-order valence-electron chi connectivity index (χ3n) is 15.9. The van der Waals surface area contributed by atoms with E-state index < -0.39 is 20.0 Å². The molecule has 550 valence electrons. The molecule has 0 amide bonds. The quantitative estimate of drug-likeness (QED) is 0.0299. The third kappa shape index (κ3) is 21.0. The van der Waals surface area contributed by atoms with E-state index in [-0.39, 0.29) is 9.79 Å². The molecule has 14 rings (SSSR count). The molecule has 0 saturated heterocycles. The number of hydrogen-bond acceptors (Lipinski definition) is 25. The average molecular weight is 1500 g/mol. The summed E-state index contributed by atoms with van der Waals surface area (Å²) < 4.78 is 72.1. The first-order valence-corrected chi connectivity index (χ1v) is 36.2. The number of hydrogen-bond donors (Lipinski definition) is 10. The van der Waals surface area contributed by atoms with Gasteiger partial charge in [0.2, 0.25) is 43.8 Å². The van der Waals surface area contributed by atoms with Crippen molar-refractivity contribution in [2.75, 3.05) is 72.6 Å². The van der Waals surface area contributed by atoms with Gasteiger partial charge in [-0.15, -0.1) is 0 Å². The number of sulfonamides is 2. The van der Waals surface area contributed by atoms with Gasteiger partial charge in [0.1, 0.15) is 34.5 Å². The van der Waals surface area contributed by atoms with Crippen LogP contribution in [0.1, 0.15) is 0 Å². The molecule has 4 aromatic heterocycles. The molecule has 109 heavy (non-hydrogen) atoms. The maximum atomic E-state index is 11.5. The first-order chi connectivity index (χ1) is 52.7. The van der Waals surface area contributed by atoms with Gasteiger partial charge in [-0.25, -0.2) is 67.0 Å². The second kappa shape index (κ2) is 35.5. The summed E-state index contributed by atoms with van der Waals surface area (Å²) in [5.74, 6) is 5.64. The zero-order valence-electron chi connectivity index (χ0n) is 59.1. The fourth-order valence-electron chi connectivity index (χ4n) is 10.6. The van der Waals surface area contributed by atoms with E-state index >= 15 is 0 Å². The van der Waals surface area contributed by atoms with Crippen molar-refractivity contribution in [3.05, 3.63) is 280 Å². The number of primary sulfonamides is 2. The molecule has 0 aliphatic rings. The molecule has 0 radical (unpaired) electrons. The first-order valence-electron chi connectivity index (χ1n) is 33.1. The number of nitrogens with one attached hydrogen (secondary N) is 4. The van der Waals surface area contributed by atoms with Gasteiger partial charge in [0, 0.05) is 75.9 Å². The highest BCUT2D eigenvalue weighted by Gasteiger charge is 2.15. The molecular formula is C80H74N18O9S2. The number of nitrogens with two attached hydrogens (primary N) is 6. The normalized spacial score (nSPS) is 10.8. The Hall–Kier alpha value is -14.3. The van der Waals surface area contributed by atoms with Crippen LogP contribution in [0.3, 0.4) is 0 Å². The van der Waals surface area contributed by atoms with Gasteiger partial charge in [0.15, 0.2) is 0 Å². The molecule has 0 aliphatic heterocycles. The summed E-state index contributed by atoms with van der Waals surface area (Å²) in [5, 5.41) is 22.7. The van der Waals surface area contributed by atoms with Crippen LogP contribution in [0, 0.1) is 0 Å². The minimum atomic E-state index is -3.79. The lowest BCUT2D eigenvalue weighted by molar-refractivity contribution is 0.417. The topological polar surface area (TPSA) is 422 Å². The van der Waals surface area contributed by atoms with Gasteiger partial charge >= 0.3 is 0 Å². The monoisotopic (exact) mass is 1490 g/mol. The largest absolute Gasteiger partial charge is 0.495 e. The van der Waals surface area contributed by atoms with Crippen molar-refractivity contribution in [2.24, 2.45) is 10.3 Å². The molecule has 0 bridgehead atoms. The molecule has 0 atom stereocenters. The summed E-state index contributed by atoms with van der Waals surface area (Å²) >= 11 is 0. The fourth-order valence-corrected chi connectivity index (χ4v) is 11.6. The van der Waals surface area contributed by atoms with Crippen LogP contribution in [0.5, 0.6) is 34.5 Å². The lowest BCUT2D eigenvalue weighted by Gasteiger charge is -2.10. The summed E-state index contributed by atoms with van der Waals surface area (Å²) in [6.45, 7) is 0. The number of ether oxygens (including phenoxy) is 5. The van der Waals surface area contributed by atoms with E-state index in [4.69, 9.17) is 56.9 Å². The highest BCUT2D eigenvalue weighted by Crippen LogP contribution is 2.34. The lowest BCUT2D eigenvalue weighted by atomic mass is 10.1. The third-order valence-corrected chi connectivity index (χ3v) is 17.7. The van der Waals surface area contributed by atoms with Gasteiger partial charge in [0.05, 0.1) is 83.8 Å². The molecule has 0 fully saturated rings. The Morgan fingerprint density at radius 2 is 0.615 bits per heavy atom. The number of anilines is 12. The smallest absolute Gasteiger partial charge is 0.238 e.